The normalized spacial score (nSPS) is 17.5. The lowest BCUT2D eigenvalue weighted by Gasteiger charge is -2.36. The molecule has 1 heterocycles. The fourth-order valence-electron chi connectivity index (χ4n) is 3.16. The van der Waals surface area contributed by atoms with Crippen molar-refractivity contribution in [2.45, 2.75) is 11.8 Å². The molecule has 0 aromatic heterocycles. The molecule has 0 radical (unpaired) electrons. The smallest absolute Gasteiger partial charge is 0.218 e. The zero-order valence-corrected chi connectivity index (χ0v) is 15.8. The lowest BCUT2D eigenvalue weighted by Crippen LogP contribution is -2.49. The minimum atomic E-state index is -3.37. The summed E-state index contributed by atoms with van der Waals surface area (Å²) in [4.78, 5) is 1.98. The van der Waals surface area contributed by atoms with Gasteiger partial charge >= 0.3 is 0 Å². The quantitative estimate of drug-likeness (QED) is 0.788. The number of rotatable bonds is 5. The van der Waals surface area contributed by atoms with Crippen LogP contribution in [0.25, 0.3) is 0 Å². The van der Waals surface area contributed by atoms with Gasteiger partial charge in [-0.25, -0.2) is 8.42 Å². The average Bonchev–Trinajstić information content (AvgIpc) is 2.65. The van der Waals surface area contributed by atoms with Crippen LogP contribution >= 0.6 is 11.6 Å². The van der Waals surface area contributed by atoms with Crippen LogP contribution < -0.4 is 0 Å². The van der Waals surface area contributed by atoms with Crippen molar-refractivity contribution in [2.24, 2.45) is 0 Å². The van der Waals surface area contributed by atoms with Crippen LogP contribution in [0.15, 0.2) is 54.6 Å². The molecule has 2 aromatic carbocycles. The number of halogens is 1. The van der Waals surface area contributed by atoms with Gasteiger partial charge in [-0.3, -0.25) is 4.90 Å². The lowest BCUT2D eigenvalue weighted by molar-refractivity contribution is 0.162. The van der Waals surface area contributed by atoms with Crippen LogP contribution in [0.4, 0.5) is 0 Å². The Kier molecular flexibility index (Phi) is 5.94. The van der Waals surface area contributed by atoms with Gasteiger partial charge in [0.1, 0.15) is 6.04 Å². The van der Waals surface area contributed by atoms with E-state index >= 15 is 0 Å². The van der Waals surface area contributed by atoms with Crippen molar-refractivity contribution in [3.8, 4) is 6.07 Å². The Bertz CT molecular complexity index is 889. The summed E-state index contributed by atoms with van der Waals surface area (Å²) in [6, 6.07) is 18.3. The fourth-order valence-corrected chi connectivity index (χ4v) is 4.92. The summed E-state index contributed by atoms with van der Waals surface area (Å²) in [7, 11) is -3.37. The summed E-state index contributed by atoms with van der Waals surface area (Å²) in [6.07, 6.45) is 0. The third-order valence-corrected chi connectivity index (χ3v) is 6.74. The highest BCUT2D eigenvalue weighted by Crippen LogP contribution is 2.28. The molecular formula is C19H20ClN3O2S. The van der Waals surface area contributed by atoms with Crippen LogP contribution in [-0.2, 0) is 15.8 Å². The molecule has 0 spiro atoms. The zero-order chi connectivity index (χ0) is 18.6. The van der Waals surface area contributed by atoms with Crippen LogP contribution in [0.5, 0.6) is 0 Å². The highest BCUT2D eigenvalue weighted by molar-refractivity contribution is 7.88. The van der Waals surface area contributed by atoms with Crippen molar-refractivity contribution in [1.82, 2.24) is 9.21 Å². The van der Waals surface area contributed by atoms with E-state index in [0.29, 0.717) is 31.2 Å². The monoisotopic (exact) mass is 389 g/mol. The molecule has 0 amide bonds. The van der Waals surface area contributed by atoms with Gasteiger partial charge in [0.15, 0.2) is 0 Å². The second-order valence-corrected chi connectivity index (χ2v) is 8.61. The molecule has 5 nitrogen and oxygen atoms in total. The third-order valence-electron chi connectivity index (χ3n) is 4.55. The Labute approximate surface area is 159 Å². The van der Waals surface area contributed by atoms with Gasteiger partial charge in [0.2, 0.25) is 10.0 Å². The summed E-state index contributed by atoms with van der Waals surface area (Å²) in [5.41, 5.74) is 1.54. The lowest BCUT2D eigenvalue weighted by atomic mass is 10.1. The average molecular weight is 390 g/mol. The van der Waals surface area contributed by atoms with Crippen LogP contribution in [-0.4, -0.2) is 43.8 Å². The molecule has 1 fully saturated rings. The van der Waals surface area contributed by atoms with Crippen molar-refractivity contribution < 1.29 is 8.42 Å². The van der Waals surface area contributed by atoms with Gasteiger partial charge in [0.25, 0.3) is 0 Å². The molecule has 3 rings (SSSR count). The van der Waals surface area contributed by atoms with Crippen molar-refractivity contribution in [3.05, 3.63) is 70.7 Å². The second kappa shape index (κ2) is 8.19. The van der Waals surface area contributed by atoms with Gasteiger partial charge in [-0.05, 0) is 11.6 Å². The van der Waals surface area contributed by atoms with Crippen molar-refractivity contribution in [1.29, 1.82) is 5.26 Å². The van der Waals surface area contributed by atoms with E-state index in [4.69, 9.17) is 11.6 Å². The van der Waals surface area contributed by atoms with Crippen molar-refractivity contribution in [2.75, 3.05) is 26.2 Å². The van der Waals surface area contributed by atoms with E-state index in [2.05, 4.69) is 6.07 Å². The van der Waals surface area contributed by atoms with Gasteiger partial charge in [-0.1, -0.05) is 60.1 Å². The minimum absolute atomic E-state index is 0.0000317. The summed E-state index contributed by atoms with van der Waals surface area (Å²) >= 11 is 6.22. The maximum Gasteiger partial charge on any atom is 0.218 e. The van der Waals surface area contributed by atoms with E-state index in [0.717, 1.165) is 11.1 Å². The number of hydrogen-bond donors (Lipinski definition) is 0. The van der Waals surface area contributed by atoms with Crippen LogP contribution in [0.3, 0.4) is 0 Å². The largest absolute Gasteiger partial charge is 0.282 e. The SMILES string of the molecule is N#CC(c1ccccc1Cl)N1CCN(S(=O)(=O)Cc2ccccc2)CC1. The number of hydrogen-bond acceptors (Lipinski definition) is 4. The van der Waals surface area contributed by atoms with Crippen LogP contribution in [0, 0.1) is 11.3 Å². The highest BCUT2D eigenvalue weighted by Gasteiger charge is 2.31. The summed E-state index contributed by atoms with van der Waals surface area (Å²) < 4.78 is 26.8. The van der Waals surface area contributed by atoms with Gasteiger partial charge in [-0.15, -0.1) is 0 Å². The molecule has 1 aliphatic heterocycles. The molecule has 26 heavy (non-hydrogen) atoms. The van der Waals surface area contributed by atoms with Gasteiger partial charge in [0, 0.05) is 36.8 Å². The maximum atomic E-state index is 12.6. The number of piperazine rings is 1. The number of nitriles is 1. The fraction of sp³-hybridized carbons (Fsp3) is 0.316. The highest BCUT2D eigenvalue weighted by atomic mass is 35.5. The first-order valence-electron chi connectivity index (χ1n) is 8.41. The molecule has 0 N–H and O–H groups in total. The molecule has 0 aliphatic carbocycles. The maximum absolute atomic E-state index is 12.6. The van der Waals surface area contributed by atoms with E-state index in [1.807, 2.05) is 53.4 Å². The van der Waals surface area contributed by atoms with E-state index in [1.54, 1.807) is 6.07 Å². The Morgan fingerprint density at radius 3 is 2.23 bits per heavy atom. The summed E-state index contributed by atoms with van der Waals surface area (Å²) in [6.45, 7) is 1.74. The van der Waals surface area contributed by atoms with E-state index in [9.17, 15) is 13.7 Å². The summed E-state index contributed by atoms with van der Waals surface area (Å²) in [5, 5.41) is 10.1. The van der Waals surface area contributed by atoms with E-state index < -0.39 is 16.1 Å². The predicted molar refractivity (Wildman–Crippen MR) is 102 cm³/mol. The van der Waals surface area contributed by atoms with Crippen LogP contribution in [0.2, 0.25) is 5.02 Å². The van der Waals surface area contributed by atoms with E-state index in [-0.39, 0.29) is 5.75 Å². The Morgan fingerprint density at radius 2 is 1.62 bits per heavy atom. The first kappa shape index (κ1) is 18.9. The molecule has 0 saturated carbocycles. The van der Waals surface area contributed by atoms with E-state index in [1.165, 1.54) is 4.31 Å². The standard InChI is InChI=1S/C19H20ClN3O2S/c20-18-9-5-4-8-17(18)19(14-21)22-10-12-23(13-11-22)26(24,25)15-16-6-2-1-3-7-16/h1-9,19H,10-13,15H2. The molecule has 136 valence electrons. The van der Waals surface area contributed by atoms with Gasteiger partial charge < -0.3 is 0 Å². The number of benzene rings is 2. The molecule has 1 atom stereocenters. The molecule has 2 aromatic rings. The first-order chi connectivity index (χ1) is 12.5. The minimum Gasteiger partial charge on any atom is -0.282 e. The Hall–Kier alpha value is -1.91. The third kappa shape index (κ3) is 4.25. The van der Waals surface area contributed by atoms with Crippen molar-refractivity contribution >= 4 is 21.6 Å². The van der Waals surface area contributed by atoms with Gasteiger partial charge in [0.05, 0.1) is 11.8 Å². The Morgan fingerprint density at radius 1 is 1.00 bits per heavy atom. The molecular weight excluding hydrogens is 370 g/mol. The number of sulfonamides is 1. The zero-order valence-electron chi connectivity index (χ0n) is 14.3. The predicted octanol–water partition coefficient (Wildman–Crippen LogP) is 3.05. The summed E-state index contributed by atoms with van der Waals surface area (Å²) in [5.74, 6) is 0.0000317. The topological polar surface area (TPSA) is 64.4 Å². The second-order valence-electron chi connectivity index (χ2n) is 6.23. The van der Waals surface area contributed by atoms with Gasteiger partial charge in [-0.2, -0.15) is 9.57 Å². The molecule has 1 saturated heterocycles. The molecule has 1 unspecified atom stereocenters. The first-order valence-corrected chi connectivity index (χ1v) is 10.4. The Balaban J connectivity index is 1.67. The number of nitrogens with zero attached hydrogens (tertiary/aromatic N) is 3. The molecule has 1 aliphatic rings. The van der Waals surface area contributed by atoms with Crippen molar-refractivity contribution in [3.63, 3.8) is 0 Å². The van der Waals surface area contributed by atoms with Crippen LogP contribution in [0.1, 0.15) is 17.2 Å². The molecule has 7 heteroatoms. The molecule has 0 bridgehead atoms.